The monoisotopic (exact) mass is 352 g/mol. The van der Waals surface area contributed by atoms with E-state index < -0.39 is 11.7 Å². The normalized spacial score (nSPS) is 20.8. The molecular formula is C17H25FN4O3. The third-order valence-corrected chi connectivity index (χ3v) is 3.75. The van der Waals surface area contributed by atoms with E-state index in [0.29, 0.717) is 18.7 Å². The van der Waals surface area contributed by atoms with Gasteiger partial charge < -0.3 is 10.1 Å². The molecule has 0 aliphatic carbocycles. The Morgan fingerprint density at radius 2 is 1.88 bits per heavy atom. The van der Waals surface area contributed by atoms with Gasteiger partial charge in [-0.15, -0.1) is 0 Å². The second kappa shape index (κ2) is 7.69. The zero-order chi connectivity index (χ0) is 18.6. The lowest BCUT2D eigenvalue weighted by molar-refractivity contribution is -0.124. The Hall–Kier alpha value is -2.35. The number of amides is 2. The van der Waals surface area contributed by atoms with Crippen LogP contribution in [0.4, 0.5) is 14.9 Å². The highest BCUT2D eigenvalue weighted by Crippen LogP contribution is 2.17. The highest BCUT2D eigenvalue weighted by molar-refractivity contribution is 5.83. The third-order valence-electron chi connectivity index (χ3n) is 3.75. The van der Waals surface area contributed by atoms with Gasteiger partial charge in [0.2, 0.25) is 0 Å². The number of hydrazine groups is 1. The van der Waals surface area contributed by atoms with E-state index in [9.17, 15) is 14.0 Å². The lowest BCUT2D eigenvalue weighted by atomic mass is 10.1. The predicted molar refractivity (Wildman–Crippen MR) is 92.4 cm³/mol. The zero-order valence-corrected chi connectivity index (χ0v) is 14.9. The molecule has 1 saturated heterocycles. The number of nitrogens with zero attached hydrogens (tertiary/aromatic N) is 1. The topological polar surface area (TPSA) is 82.7 Å². The van der Waals surface area contributed by atoms with Crippen LogP contribution in [0.15, 0.2) is 24.3 Å². The SMILES string of the molecule is CN1CC(NC(=O)OC(C)(C)C)CC1C(=O)NNc1ccc(F)cc1. The lowest BCUT2D eigenvalue weighted by Gasteiger charge is -2.21. The molecule has 1 aromatic carbocycles. The average Bonchev–Trinajstić information content (AvgIpc) is 2.84. The number of likely N-dealkylation sites (tertiary alicyclic amines) is 1. The number of likely N-dealkylation sites (N-methyl/N-ethyl adjacent to an activating group) is 1. The number of alkyl carbamates (subject to hydrolysis) is 1. The number of carbonyl (C=O) groups is 2. The van der Waals surface area contributed by atoms with Crippen molar-refractivity contribution in [2.45, 2.75) is 44.9 Å². The van der Waals surface area contributed by atoms with Crippen molar-refractivity contribution in [3.63, 3.8) is 0 Å². The highest BCUT2D eigenvalue weighted by atomic mass is 19.1. The quantitative estimate of drug-likeness (QED) is 0.721. The van der Waals surface area contributed by atoms with Gasteiger partial charge in [-0.05, 0) is 58.5 Å². The number of ether oxygens (including phenoxy) is 1. The van der Waals surface area contributed by atoms with Gasteiger partial charge >= 0.3 is 6.09 Å². The largest absolute Gasteiger partial charge is 0.444 e. The van der Waals surface area contributed by atoms with Gasteiger partial charge in [-0.2, -0.15) is 0 Å². The number of rotatable bonds is 4. The summed E-state index contributed by atoms with van der Waals surface area (Å²) >= 11 is 0. The second-order valence-corrected chi connectivity index (χ2v) is 7.16. The molecule has 2 atom stereocenters. The summed E-state index contributed by atoms with van der Waals surface area (Å²) in [5, 5.41) is 2.79. The smallest absolute Gasteiger partial charge is 0.407 e. The van der Waals surface area contributed by atoms with Crippen LogP contribution in [0.1, 0.15) is 27.2 Å². The lowest BCUT2D eigenvalue weighted by Crippen LogP contribution is -2.43. The summed E-state index contributed by atoms with van der Waals surface area (Å²) in [5.41, 5.74) is 5.37. The summed E-state index contributed by atoms with van der Waals surface area (Å²) < 4.78 is 18.1. The fourth-order valence-electron chi connectivity index (χ4n) is 2.64. The number of anilines is 1. The molecule has 2 amide bonds. The molecule has 25 heavy (non-hydrogen) atoms. The van der Waals surface area contributed by atoms with Crippen molar-refractivity contribution in [2.24, 2.45) is 0 Å². The summed E-state index contributed by atoms with van der Waals surface area (Å²) in [5.74, 6) is -0.566. The summed E-state index contributed by atoms with van der Waals surface area (Å²) in [7, 11) is 1.82. The molecule has 1 fully saturated rings. The van der Waals surface area contributed by atoms with E-state index in [-0.39, 0.29) is 23.8 Å². The molecule has 1 aromatic rings. The van der Waals surface area contributed by atoms with Crippen LogP contribution in [0.5, 0.6) is 0 Å². The predicted octanol–water partition coefficient (Wildman–Crippen LogP) is 1.87. The molecular weight excluding hydrogens is 327 g/mol. The first kappa shape index (κ1) is 19.0. The minimum Gasteiger partial charge on any atom is -0.444 e. The molecule has 3 N–H and O–H groups in total. The number of hydrogen-bond donors (Lipinski definition) is 3. The van der Waals surface area contributed by atoms with Crippen LogP contribution >= 0.6 is 0 Å². The zero-order valence-electron chi connectivity index (χ0n) is 14.9. The molecule has 0 radical (unpaired) electrons. The summed E-state index contributed by atoms with van der Waals surface area (Å²) in [6, 6.07) is 5.12. The van der Waals surface area contributed by atoms with Gasteiger partial charge in [-0.1, -0.05) is 0 Å². The Morgan fingerprint density at radius 3 is 2.48 bits per heavy atom. The first-order chi connectivity index (χ1) is 11.6. The Labute approximate surface area is 146 Å². The van der Waals surface area contributed by atoms with Crippen LogP contribution < -0.4 is 16.2 Å². The number of benzene rings is 1. The summed E-state index contributed by atoms with van der Waals surface area (Å²) in [4.78, 5) is 26.0. The van der Waals surface area contributed by atoms with Crippen LogP contribution in [0, 0.1) is 5.82 Å². The number of hydrogen-bond acceptors (Lipinski definition) is 5. The van der Waals surface area contributed by atoms with E-state index >= 15 is 0 Å². The van der Waals surface area contributed by atoms with E-state index in [4.69, 9.17) is 4.74 Å². The van der Waals surface area contributed by atoms with E-state index in [1.54, 1.807) is 20.8 Å². The van der Waals surface area contributed by atoms with E-state index in [0.717, 1.165) is 0 Å². The molecule has 0 aromatic heterocycles. The van der Waals surface area contributed by atoms with Crippen molar-refractivity contribution >= 4 is 17.7 Å². The summed E-state index contributed by atoms with van der Waals surface area (Å²) in [6.45, 7) is 5.94. The second-order valence-electron chi connectivity index (χ2n) is 7.16. The first-order valence-electron chi connectivity index (χ1n) is 8.15. The van der Waals surface area contributed by atoms with E-state index in [1.807, 2.05) is 11.9 Å². The van der Waals surface area contributed by atoms with Crippen molar-refractivity contribution in [3.8, 4) is 0 Å². The van der Waals surface area contributed by atoms with Crippen molar-refractivity contribution in [3.05, 3.63) is 30.1 Å². The maximum absolute atomic E-state index is 12.9. The molecule has 0 bridgehead atoms. The van der Waals surface area contributed by atoms with Gasteiger partial charge in [0.15, 0.2) is 0 Å². The maximum Gasteiger partial charge on any atom is 0.407 e. The van der Waals surface area contributed by atoms with Crippen LogP contribution in [0.25, 0.3) is 0 Å². The molecule has 0 spiro atoms. The molecule has 1 heterocycles. The van der Waals surface area contributed by atoms with Crippen LogP contribution in [0.3, 0.4) is 0 Å². The standard InChI is InChI=1S/C17H25FN4O3/c1-17(2,3)25-16(24)19-13-9-14(22(4)10-13)15(23)21-20-12-7-5-11(18)6-8-12/h5-8,13-14,20H,9-10H2,1-4H3,(H,19,24)(H,21,23). The fraction of sp³-hybridized carbons (Fsp3) is 0.529. The maximum atomic E-state index is 12.9. The van der Waals surface area contributed by atoms with Crippen molar-refractivity contribution in [1.82, 2.24) is 15.6 Å². The Morgan fingerprint density at radius 1 is 1.24 bits per heavy atom. The van der Waals surface area contributed by atoms with Gasteiger partial charge in [0.1, 0.15) is 11.4 Å². The number of halogens is 1. The van der Waals surface area contributed by atoms with Gasteiger partial charge in [0.25, 0.3) is 5.91 Å². The van der Waals surface area contributed by atoms with Crippen molar-refractivity contribution in [2.75, 3.05) is 19.0 Å². The number of nitrogens with one attached hydrogen (secondary N) is 3. The first-order valence-corrected chi connectivity index (χ1v) is 8.15. The fourth-order valence-corrected chi connectivity index (χ4v) is 2.64. The molecule has 0 saturated carbocycles. The highest BCUT2D eigenvalue weighted by Gasteiger charge is 2.35. The molecule has 138 valence electrons. The van der Waals surface area contributed by atoms with Gasteiger partial charge in [-0.3, -0.25) is 20.5 Å². The van der Waals surface area contributed by atoms with Crippen LogP contribution in [-0.2, 0) is 9.53 Å². The van der Waals surface area contributed by atoms with Crippen molar-refractivity contribution in [1.29, 1.82) is 0 Å². The van der Waals surface area contributed by atoms with E-state index in [1.165, 1.54) is 24.3 Å². The minimum atomic E-state index is -0.565. The van der Waals surface area contributed by atoms with Gasteiger partial charge in [-0.25, -0.2) is 9.18 Å². The molecule has 8 heteroatoms. The van der Waals surface area contributed by atoms with Gasteiger partial charge in [0.05, 0.1) is 11.7 Å². The molecule has 2 unspecified atom stereocenters. The third kappa shape index (κ3) is 5.90. The minimum absolute atomic E-state index is 0.165. The van der Waals surface area contributed by atoms with E-state index in [2.05, 4.69) is 16.2 Å². The molecule has 1 aliphatic rings. The van der Waals surface area contributed by atoms with Gasteiger partial charge in [0, 0.05) is 12.6 Å². The van der Waals surface area contributed by atoms with Crippen LogP contribution in [-0.4, -0.2) is 48.2 Å². The van der Waals surface area contributed by atoms with Crippen LogP contribution in [0.2, 0.25) is 0 Å². The Bertz CT molecular complexity index is 615. The van der Waals surface area contributed by atoms with Crippen molar-refractivity contribution < 1.29 is 18.7 Å². The molecule has 1 aliphatic heterocycles. The number of carbonyl (C=O) groups excluding carboxylic acids is 2. The Balaban J connectivity index is 1.82. The molecule has 7 nitrogen and oxygen atoms in total. The average molecular weight is 352 g/mol. The molecule has 2 rings (SSSR count). The Kier molecular flexibility index (Phi) is 5.84. The summed E-state index contributed by atoms with van der Waals surface area (Å²) in [6.07, 6.45) is -0.0106.